The van der Waals surface area contributed by atoms with Crippen molar-refractivity contribution in [2.45, 2.75) is 11.3 Å². The molecule has 0 radical (unpaired) electrons. The number of carbonyl (C=O) groups excluding carboxylic acids is 1. The van der Waals surface area contributed by atoms with Gasteiger partial charge in [-0.05, 0) is 46.9 Å². The largest absolute Gasteiger partial charge is 0.465 e. The Balaban J connectivity index is 1.46. The second kappa shape index (κ2) is 10.4. The smallest absolute Gasteiger partial charge is 0.270 e. The average Bonchev–Trinajstić information content (AvgIpc) is 3.50. The minimum absolute atomic E-state index is 0.273. The van der Waals surface area contributed by atoms with Crippen LogP contribution in [0.25, 0.3) is 23.2 Å². The highest BCUT2D eigenvalue weighted by molar-refractivity contribution is 7.99. The fourth-order valence-corrected chi connectivity index (χ4v) is 3.79. The van der Waals surface area contributed by atoms with Crippen molar-refractivity contribution >= 4 is 29.4 Å². The number of hydrogen-bond acceptors (Lipinski definition) is 6. The summed E-state index contributed by atoms with van der Waals surface area (Å²) in [5.74, 6) is 1.65. The maximum atomic E-state index is 13.0. The molecule has 0 saturated carbocycles. The van der Waals surface area contributed by atoms with E-state index < -0.39 is 0 Å². The number of nitrogens with one attached hydrogen (secondary N) is 1. The number of carbonyl (C=O) groups is 1. The molecular weight excluding hydrogens is 410 g/mol. The predicted molar refractivity (Wildman–Crippen MR) is 121 cm³/mol. The number of aromatic nitrogens is 4. The molecular formula is C23H21N5O2S. The minimum atomic E-state index is -0.273. The number of furan rings is 1. The number of nitrogens with zero attached hydrogens (tertiary/aromatic N) is 4. The Labute approximate surface area is 184 Å². The van der Waals surface area contributed by atoms with Crippen molar-refractivity contribution in [3.05, 3.63) is 84.8 Å². The zero-order chi connectivity index (χ0) is 21.3. The third-order valence-corrected chi connectivity index (χ3v) is 5.50. The first-order chi connectivity index (χ1) is 15.3. The number of rotatable bonds is 9. The fourth-order valence-electron chi connectivity index (χ4n) is 2.92. The van der Waals surface area contributed by atoms with E-state index in [1.165, 1.54) is 9.58 Å². The van der Waals surface area contributed by atoms with Crippen molar-refractivity contribution in [2.24, 2.45) is 0 Å². The molecule has 2 aromatic carbocycles. The molecule has 2 heterocycles. The lowest BCUT2D eigenvalue weighted by molar-refractivity contribution is -0.115. The Morgan fingerprint density at radius 3 is 2.55 bits per heavy atom. The van der Waals surface area contributed by atoms with Crippen LogP contribution in [-0.2, 0) is 4.79 Å². The van der Waals surface area contributed by atoms with E-state index in [-0.39, 0.29) is 11.6 Å². The lowest BCUT2D eigenvalue weighted by Crippen LogP contribution is -2.28. The number of tetrazole rings is 1. The summed E-state index contributed by atoms with van der Waals surface area (Å²) < 4.78 is 6.84. The first-order valence-corrected chi connectivity index (χ1v) is 10.9. The van der Waals surface area contributed by atoms with Crippen LogP contribution in [0, 0.1) is 0 Å². The van der Waals surface area contributed by atoms with Crippen molar-refractivity contribution in [3.63, 3.8) is 0 Å². The van der Waals surface area contributed by atoms with E-state index in [0.29, 0.717) is 18.1 Å². The van der Waals surface area contributed by atoms with Crippen LogP contribution in [0.5, 0.6) is 0 Å². The molecule has 0 aliphatic rings. The molecule has 0 spiro atoms. The Morgan fingerprint density at radius 1 is 1.03 bits per heavy atom. The molecule has 156 valence electrons. The van der Waals surface area contributed by atoms with Gasteiger partial charge in [0, 0.05) is 23.1 Å². The summed E-state index contributed by atoms with van der Waals surface area (Å²) in [5.41, 5.74) is 1.10. The van der Waals surface area contributed by atoms with E-state index in [9.17, 15) is 4.79 Å². The first kappa shape index (κ1) is 20.6. The summed E-state index contributed by atoms with van der Waals surface area (Å²) in [4.78, 5) is 14.3. The van der Waals surface area contributed by atoms with Gasteiger partial charge in [0.25, 0.3) is 5.91 Å². The van der Waals surface area contributed by atoms with Crippen LogP contribution in [0.2, 0.25) is 0 Å². The zero-order valence-corrected chi connectivity index (χ0v) is 17.5. The van der Waals surface area contributed by atoms with Gasteiger partial charge in [0.2, 0.25) is 0 Å². The monoisotopic (exact) mass is 431 g/mol. The molecule has 1 N–H and O–H groups in total. The second-order valence-electron chi connectivity index (χ2n) is 6.60. The molecule has 8 heteroatoms. The maximum absolute atomic E-state index is 13.0. The van der Waals surface area contributed by atoms with Crippen LogP contribution in [0.3, 0.4) is 0 Å². The predicted octanol–water partition coefficient (Wildman–Crippen LogP) is 4.23. The molecule has 0 saturated heterocycles. The van der Waals surface area contributed by atoms with Gasteiger partial charge in [0.05, 0.1) is 6.26 Å². The molecule has 31 heavy (non-hydrogen) atoms. The third kappa shape index (κ3) is 5.49. The van der Waals surface area contributed by atoms with E-state index in [1.54, 1.807) is 36.2 Å². The van der Waals surface area contributed by atoms with E-state index in [2.05, 4.69) is 33.0 Å². The number of hydrogen-bond donors (Lipinski definition) is 1. The van der Waals surface area contributed by atoms with Crippen LogP contribution in [0.1, 0.15) is 12.2 Å². The summed E-state index contributed by atoms with van der Waals surface area (Å²) in [7, 11) is 0. The van der Waals surface area contributed by atoms with Crippen LogP contribution in [-0.4, -0.2) is 38.4 Å². The van der Waals surface area contributed by atoms with Crippen molar-refractivity contribution in [1.82, 2.24) is 25.5 Å². The van der Waals surface area contributed by atoms with E-state index in [4.69, 9.17) is 4.42 Å². The molecule has 0 aliphatic heterocycles. The summed E-state index contributed by atoms with van der Waals surface area (Å²) >= 11 is 1.76. The Bertz CT molecular complexity index is 1130. The third-order valence-electron chi connectivity index (χ3n) is 4.40. The van der Waals surface area contributed by atoms with E-state index in [0.717, 1.165) is 17.7 Å². The molecule has 0 bridgehead atoms. The first-order valence-electron chi connectivity index (χ1n) is 9.87. The zero-order valence-electron chi connectivity index (χ0n) is 16.7. The molecule has 0 atom stereocenters. The SMILES string of the molecule is O=C(NCCCSc1ccccc1)/C(=C\c1ccco1)n1nnnc1-c1ccccc1. The molecule has 0 aliphatic carbocycles. The lowest BCUT2D eigenvalue weighted by atomic mass is 10.2. The fraction of sp³-hybridized carbons (Fsp3) is 0.130. The quantitative estimate of drug-likeness (QED) is 0.242. The Kier molecular flexibility index (Phi) is 6.92. The average molecular weight is 432 g/mol. The normalized spacial score (nSPS) is 11.4. The summed E-state index contributed by atoms with van der Waals surface area (Å²) in [5, 5.41) is 14.9. The van der Waals surface area contributed by atoms with Gasteiger partial charge in [-0.25, -0.2) is 0 Å². The highest BCUT2D eigenvalue weighted by Crippen LogP contribution is 2.21. The molecule has 2 aromatic heterocycles. The molecule has 0 fully saturated rings. The van der Waals surface area contributed by atoms with Crippen molar-refractivity contribution in [2.75, 3.05) is 12.3 Å². The molecule has 4 rings (SSSR count). The molecule has 0 unspecified atom stereocenters. The summed E-state index contributed by atoms with van der Waals surface area (Å²) in [6.45, 7) is 0.539. The number of benzene rings is 2. The van der Waals surface area contributed by atoms with Crippen LogP contribution in [0.4, 0.5) is 0 Å². The van der Waals surface area contributed by atoms with Gasteiger partial charge in [0.1, 0.15) is 11.5 Å². The van der Waals surface area contributed by atoms with Gasteiger partial charge in [-0.1, -0.05) is 48.5 Å². The van der Waals surface area contributed by atoms with Crippen molar-refractivity contribution < 1.29 is 9.21 Å². The van der Waals surface area contributed by atoms with Crippen molar-refractivity contribution in [1.29, 1.82) is 0 Å². The highest BCUT2D eigenvalue weighted by Gasteiger charge is 2.19. The number of amides is 1. The van der Waals surface area contributed by atoms with Crippen LogP contribution in [0.15, 0.2) is 88.4 Å². The van der Waals surface area contributed by atoms with Crippen LogP contribution < -0.4 is 5.32 Å². The van der Waals surface area contributed by atoms with Crippen LogP contribution >= 0.6 is 11.8 Å². The van der Waals surface area contributed by atoms with Gasteiger partial charge in [-0.3, -0.25) is 4.79 Å². The standard InChI is InChI=1S/C23H21N5O2S/c29-23(24-14-8-16-31-20-12-5-2-6-13-20)21(17-19-11-7-15-30-19)28-22(25-26-27-28)18-9-3-1-4-10-18/h1-7,9-13,15,17H,8,14,16H2,(H,24,29)/b21-17+. The van der Waals surface area contributed by atoms with E-state index >= 15 is 0 Å². The Hall–Kier alpha value is -3.65. The van der Waals surface area contributed by atoms with Gasteiger partial charge < -0.3 is 9.73 Å². The second-order valence-corrected chi connectivity index (χ2v) is 7.76. The lowest BCUT2D eigenvalue weighted by Gasteiger charge is -2.10. The summed E-state index contributed by atoms with van der Waals surface area (Å²) in [6.07, 6.45) is 4.02. The molecule has 7 nitrogen and oxygen atoms in total. The summed E-state index contributed by atoms with van der Waals surface area (Å²) in [6, 6.07) is 23.2. The number of thioether (sulfide) groups is 1. The highest BCUT2D eigenvalue weighted by atomic mass is 32.2. The topological polar surface area (TPSA) is 85.8 Å². The molecule has 1 amide bonds. The Morgan fingerprint density at radius 2 is 1.81 bits per heavy atom. The van der Waals surface area contributed by atoms with Gasteiger partial charge in [-0.2, -0.15) is 4.68 Å². The van der Waals surface area contributed by atoms with Gasteiger partial charge in [-0.15, -0.1) is 16.9 Å². The van der Waals surface area contributed by atoms with E-state index in [1.807, 2.05) is 48.5 Å². The molecule has 4 aromatic rings. The van der Waals surface area contributed by atoms with Crippen molar-refractivity contribution in [3.8, 4) is 11.4 Å². The van der Waals surface area contributed by atoms with Gasteiger partial charge >= 0.3 is 0 Å². The maximum Gasteiger partial charge on any atom is 0.270 e. The minimum Gasteiger partial charge on any atom is -0.465 e. The van der Waals surface area contributed by atoms with Gasteiger partial charge in [0.15, 0.2) is 5.82 Å².